The van der Waals surface area contributed by atoms with Gasteiger partial charge in [0.05, 0.1) is 4.90 Å². The van der Waals surface area contributed by atoms with Crippen LogP contribution in [-0.4, -0.2) is 52.6 Å². The van der Waals surface area contributed by atoms with Gasteiger partial charge in [-0.05, 0) is 12.1 Å². The molecule has 0 spiro atoms. The van der Waals surface area contributed by atoms with E-state index in [2.05, 4.69) is 14.9 Å². The Morgan fingerprint density at radius 3 is 2.30 bits per heavy atom. The van der Waals surface area contributed by atoms with Gasteiger partial charge < -0.3 is 5.32 Å². The molecule has 0 bridgehead atoms. The van der Waals surface area contributed by atoms with Crippen molar-refractivity contribution in [3.63, 3.8) is 0 Å². The van der Waals surface area contributed by atoms with Gasteiger partial charge in [0, 0.05) is 39.3 Å². The van der Waals surface area contributed by atoms with Gasteiger partial charge in [-0.1, -0.05) is 18.2 Å². The average Bonchev–Trinajstić information content (AvgIpc) is 2.41. The molecule has 1 aromatic rings. The van der Waals surface area contributed by atoms with Crippen LogP contribution in [0.2, 0.25) is 0 Å². The number of benzene rings is 1. The summed E-state index contributed by atoms with van der Waals surface area (Å²) in [6.45, 7) is 5.13. The minimum absolute atomic E-state index is 0. The SMILES string of the molecule is Cl.Cl.O=S(=O)(NCCN1CCNCC1)c1ccccc1. The van der Waals surface area contributed by atoms with E-state index in [0.29, 0.717) is 11.4 Å². The van der Waals surface area contributed by atoms with E-state index in [1.54, 1.807) is 30.3 Å². The lowest BCUT2D eigenvalue weighted by Gasteiger charge is -2.27. The van der Waals surface area contributed by atoms with E-state index >= 15 is 0 Å². The third kappa shape index (κ3) is 5.95. The van der Waals surface area contributed by atoms with E-state index < -0.39 is 10.0 Å². The standard InChI is InChI=1S/C12H19N3O2S.2ClH/c16-18(17,12-4-2-1-3-5-12)14-8-11-15-9-6-13-7-10-15;;/h1-5,13-14H,6-11H2;2*1H. The van der Waals surface area contributed by atoms with Crippen LogP contribution in [0.4, 0.5) is 0 Å². The second-order valence-electron chi connectivity index (χ2n) is 4.30. The molecule has 1 saturated heterocycles. The zero-order valence-corrected chi connectivity index (χ0v) is 13.6. The van der Waals surface area contributed by atoms with Crippen molar-refractivity contribution < 1.29 is 8.42 Å². The summed E-state index contributed by atoms with van der Waals surface area (Å²) in [5.74, 6) is 0. The third-order valence-corrected chi connectivity index (χ3v) is 4.46. The van der Waals surface area contributed by atoms with E-state index in [9.17, 15) is 8.42 Å². The molecule has 116 valence electrons. The number of nitrogens with one attached hydrogen (secondary N) is 2. The molecular formula is C12H21Cl2N3O2S. The molecule has 1 fully saturated rings. The fourth-order valence-corrected chi connectivity index (χ4v) is 3.00. The van der Waals surface area contributed by atoms with Gasteiger partial charge in [0.15, 0.2) is 0 Å². The molecule has 1 heterocycles. The molecule has 5 nitrogen and oxygen atoms in total. The highest BCUT2D eigenvalue weighted by atomic mass is 35.5. The van der Waals surface area contributed by atoms with E-state index in [1.807, 2.05) is 0 Å². The van der Waals surface area contributed by atoms with Gasteiger partial charge in [-0.3, -0.25) is 4.90 Å². The molecule has 0 aliphatic carbocycles. The van der Waals surface area contributed by atoms with Crippen LogP contribution in [0.1, 0.15) is 0 Å². The molecule has 1 aromatic carbocycles. The maximum atomic E-state index is 11.9. The maximum Gasteiger partial charge on any atom is 0.240 e. The molecule has 0 atom stereocenters. The smallest absolute Gasteiger partial charge is 0.240 e. The number of rotatable bonds is 5. The first kappa shape index (κ1) is 19.6. The lowest BCUT2D eigenvalue weighted by atomic mass is 10.3. The van der Waals surface area contributed by atoms with Crippen molar-refractivity contribution in [3.8, 4) is 0 Å². The van der Waals surface area contributed by atoms with Crippen LogP contribution in [0.25, 0.3) is 0 Å². The molecule has 20 heavy (non-hydrogen) atoms. The molecule has 0 unspecified atom stereocenters. The first-order valence-electron chi connectivity index (χ1n) is 6.16. The second kappa shape index (κ2) is 9.55. The van der Waals surface area contributed by atoms with Gasteiger partial charge in [-0.15, -0.1) is 24.8 Å². The Kier molecular flexibility index (Phi) is 9.37. The molecule has 1 aliphatic heterocycles. The maximum absolute atomic E-state index is 11.9. The molecule has 2 N–H and O–H groups in total. The van der Waals surface area contributed by atoms with Gasteiger partial charge in [0.2, 0.25) is 10.0 Å². The monoisotopic (exact) mass is 341 g/mol. The minimum atomic E-state index is -3.35. The number of halogens is 2. The Bertz CT molecular complexity index is 465. The first-order valence-corrected chi connectivity index (χ1v) is 7.64. The lowest BCUT2D eigenvalue weighted by molar-refractivity contribution is 0.245. The average molecular weight is 342 g/mol. The van der Waals surface area contributed by atoms with Crippen molar-refractivity contribution >= 4 is 34.8 Å². The predicted molar refractivity (Wildman–Crippen MR) is 85.4 cm³/mol. The highest BCUT2D eigenvalue weighted by Gasteiger charge is 2.14. The first-order chi connectivity index (χ1) is 8.68. The van der Waals surface area contributed by atoms with Crippen molar-refractivity contribution in [3.05, 3.63) is 30.3 Å². The van der Waals surface area contributed by atoms with Crippen LogP contribution in [-0.2, 0) is 10.0 Å². The van der Waals surface area contributed by atoms with Crippen LogP contribution >= 0.6 is 24.8 Å². The Labute approximate surface area is 133 Å². The third-order valence-electron chi connectivity index (χ3n) is 2.98. The quantitative estimate of drug-likeness (QED) is 0.828. The Morgan fingerprint density at radius 1 is 1.10 bits per heavy atom. The van der Waals surface area contributed by atoms with Crippen LogP contribution in [0, 0.1) is 0 Å². The molecule has 2 rings (SSSR count). The molecule has 0 aromatic heterocycles. The van der Waals surface area contributed by atoms with Crippen LogP contribution in [0.5, 0.6) is 0 Å². The summed E-state index contributed by atoms with van der Waals surface area (Å²) in [5.41, 5.74) is 0. The number of hydrogen-bond donors (Lipinski definition) is 2. The van der Waals surface area contributed by atoms with Crippen molar-refractivity contribution in [1.82, 2.24) is 14.9 Å². The van der Waals surface area contributed by atoms with E-state index in [1.165, 1.54) is 0 Å². The van der Waals surface area contributed by atoms with E-state index in [4.69, 9.17) is 0 Å². The van der Waals surface area contributed by atoms with Crippen molar-refractivity contribution in [2.75, 3.05) is 39.3 Å². The second-order valence-corrected chi connectivity index (χ2v) is 6.07. The van der Waals surface area contributed by atoms with Crippen molar-refractivity contribution in [2.45, 2.75) is 4.90 Å². The normalized spacial score (nSPS) is 16.0. The number of piperazine rings is 1. The molecule has 1 aliphatic rings. The Morgan fingerprint density at radius 2 is 1.70 bits per heavy atom. The van der Waals surface area contributed by atoms with Gasteiger partial charge >= 0.3 is 0 Å². The summed E-state index contributed by atoms with van der Waals surface area (Å²) >= 11 is 0. The Hall–Kier alpha value is -0.370. The fraction of sp³-hybridized carbons (Fsp3) is 0.500. The molecule has 0 amide bonds. The molecule has 0 saturated carbocycles. The highest BCUT2D eigenvalue weighted by Crippen LogP contribution is 2.06. The van der Waals surface area contributed by atoms with Crippen LogP contribution < -0.4 is 10.0 Å². The highest BCUT2D eigenvalue weighted by molar-refractivity contribution is 7.89. The van der Waals surface area contributed by atoms with Gasteiger partial charge in [0.1, 0.15) is 0 Å². The van der Waals surface area contributed by atoms with Gasteiger partial charge in [-0.25, -0.2) is 13.1 Å². The topological polar surface area (TPSA) is 61.4 Å². The summed E-state index contributed by atoms with van der Waals surface area (Å²) in [5, 5.41) is 3.27. The number of hydrogen-bond acceptors (Lipinski definition) is 4. The fourth-order valence-electron chi connectivity index (χ4n) is 1.96. The molecule has 0 radical (unpaired) electrons. The van der Waals surface area contributed by atoms with Crippen molar-refractivity contribution in [2.24, 2.45) is 0 Å². The lowest BCUT2D eigenvalue weighted by Crippen LogP contribution is -2.46. The summed E-state index contributed by atoms with van der Waals surface area (Å²) in [6, 6.07) is 8.47. The zero-order valence-electron chi connectivity index (χ0n) is 11.1. The van der Waals surface area contributed by atoms with Crippen LogP contribution in [0.15, 0.2) is 35.2 Å². The van der Waals surface area contributed by atoms with E-state index in [-0.39, 0.29) is 24.8 Å². The van der Waals surface area contributed by atoms with Crippen molar-refractivity contribution in [1.29, 1.82) is 0 Å². The van der Waals surface area contributed by atoms with E-state index in [0.717, 1.165) is 32.7 Å². The summed E-state index contributed by atoms with van der Waals surface area (Å²) < 4.78 is 26.5. The van der Waals surface area contributed by atoms with Gasteiger partial charge in [0.25, 0.3) is 0 Å². The summed E-state index contributed by atoms with van der Waals surface area (Å²) in [6.07, 6.45) is 0. The molecular weight excluding hydrogens is 321 g/mol. The summed E-state index contributed by atoms with van der Waals surface area (Å²) in [7, 11) is -3.35. The largest absolute Gasteiger partial charge is 0.314 e. The predicted octanol–water partition coefficient (Wildman–Crippen LogP) is 0.714. The zero-order chi connectivity index (χ0) is 12.8. The number of sulfonamides is 1. The summed E-state index contributed by atoms with van der Waals surface area (Å²) in [4.78, 5) is 2.58. The molecule has 8 heteroatoms. The van der Waals surface area contributed by atoms with Crippen LogP contribution in [0.3, 0.4) is 0 Å². The Balaban J connectivity index is 0.00000180. The van der Waals surface area contributed by atoms with Gasteiger partial charge in [-0.2, -0.15) is 0 Å². The minimum Gasteiger partial charge on any atom is -0.314 e. The number of nitrogens with zero attached hydrogens (tertiary/aromatic N) is 1.